The Hall–Kier alpha value is -3.41. The molecule has 0 bridgehead atoms. The molecule has 1 aliphatic heterocycles. The van der Waals surface area contributed by atoms with Gasteiger partial charge >= 0.3 is 0 Å². The molecule has 0 radical (unpaired) electrons. The molecule has 4 rings (SSSR count). The predicted molar refractivity (Wildman–Crippen MR) is 131 cm³/mol. The van der Waals surface area contributed by atoms with Crippen LogP contribution in [0.1, 0.15) is 32.3 Å². The topological polar surface area (TPSA) is 44.3 Å². The number of alkyl halides is 1. The standard InChI is InChI=1S/C26H30FN5/c1-19(29-22-12-14-28-15-13-22)32-17-6-5-16-31(4)24-11-10-23(30-25(24)32)20-8-7-9-21(18-20)26(2,3)27/h7-15,18H,1,5-6,16-17H2,2-4H3,(H,28,29). The van der Waals surface area contributed by atoms with Crippen LogP contribution in [0.3, 0.4) is 0 Å². The molecule has 1 aliphatic rings. The van der Waals surface area contributed by atoms with Gasteiger partial charge in [-0.2, -0.15) is 0 Å². The van der Waals surface area contributed by atoms with E-state index in [9.17, 15) is 4.39 Å². The zero-order chi connectivity index (χ0) is 22.7. The summed E-state index contributed by atoms with van der Waals surface area (Å²) in [5.41, 5.74) is 2.92. The third kappa shape index (κ3) is 4.74. The Morgan fingerprint density at radius 2 is 1.81 bits per heavy atom. The van der Waals surface area contributed by atoms with Crippen LogP contribution in [0.2, 0.25) is 0 Å². The number of nitrogens with zero attached hydrogens (tertiary/aromatic N) is 4. The number of fused-ring (bicyclic) bond motifs is 1. The van der Waals surface area contributed by atoms with Gasteiger partial charge in [0.15, 0.2) is 5.82 Å². The van der Waals surface area contributed by atoms with E-state index in [1.54, 1.807) is 26.2 Å². The summed E-state index contributed by atoms with van der Waals surface area (Å²) in [6.45, 7) is 9.24. The Labute approximate surface area is 189 Å². The number of hydrogen-bond donors (Lipinski definition) is 1. The van der Waals surface area contributed by atoms with E-state index >= 15 is 0 Å². The lowest BCUT2D eigenvalue weighted by Gasteiger charge is -2.34. The number of halogens is 1. The van der Waals surface area contributed by atoms with Gasteiger partial charge in [0.2, 0.25) is 0 Å². The van der Waals surface area contributed by atoms with Gasteiger partial charge in [0.1, 0.15) is 11.5 Å². The first-order valence-electron chi connectivity index (χ1n) is 11.0. The van der Waals surface area contributed by atoms with E-state index in [1.807, 2.05) is 42.5 Å². The van der Waals surface area contributed by atoms with Gasteiger partial charge in [-0.1, -0.05) is 24.8 Å². The smallest absolute Gasteiger partial charge is 0.158 e. The van der Waals surface area contributed by atoms with Crippen LogP contribution >= 0.6 is 0 Å². The van der Waals surface area contributed by atoms with Gasteiger partial charge < -0.3 is 15.1 Å². The Morgan fingerprint density at radius 1 is 1.06 bits per heavy atom. The molecule has 3 aromatic rings. The molecule has 5 nitrogen and oxygen atoms in total. The minimum Gasteiger partial charge on any atom is -0.372 e. The third-order valence-electron chi connectivity index (χ3n) is 5.79. The molecule has 0 atom stereocenters. The molecule has 0 saturated heterocycles. The van der Waals surface area contributed by atoms with Gasteiger partial charge in [-0.3, -0.25) is 4.98 Å². The van der Waals surface area contributed by atoms with Gasteiger partial charge in [-0.05, 0) is 62.6 Å². The quantitative estimate of drug-likeness (QED) is 0.539. The maximum atomic E-state index is 14.6. The van der Waals surface area contributed by atoms with Crippen LogP contribution in [0.15, 0.2) is 73.3 Å². The van der Waals surface area contributed by atoms with Crippen molar-refractivity contribution < 1.29 is 4.39 Å². The first-order chi connectivity index (χ1) is 15.3. The summed E-state index contributed by atoms with van der Waals surface area (Å²) in [6.07, 6.45) is 5.61. The highest BCUT2D eigenvalue weighted by Crippen LogP contribution is 2.35. The van der Waals surface area contributed by atoms with Gasteiger partial charge in [0, 0.05) is 43.8 Å². The summed E-state index contributed by atoms with van der Waals surface area (Å²) in [6, 6.07) is 15.5. The van der Waals surface area contributed by atoms with Crippen molar-refractivity contribution in [3.05, 3.63) is 78.9 Å². The average Bonchev–Trinajstić information content (AvgIpc) is 2.77. The summed E-state index contributed by atoms with van der Waals surface area (Å²) in [4.78, 5) is 13.5. The SMILES string of the molecule is C=C(Nc1ccncc1)N1CCCCN(C)c2ccc(-c3cccc(C(C)(C)F)c3)nc21. The molecule has 2 aromatic heterocycles. The summed E-state index contributed by atoms with van der Waals surface area (Å²) >= 11 is 0. The van der Waals surface area contributed by atoms with Gasteiger partial charge in [0.05, 0.1) is 11.4 Å². The lowest BCUT2D eigenvalue weighted by atomic mass is 9.97. The van der Waals surface area contributed by atoms with Crippen molar-refractivity contribution in [2.45, 2.75) is 32.4 Å². The monoisotopic (exact) mass is 431 g/mol. The molecule has 1 aromatic carbocycles. The second-order valence-corrected chi connectivity index (χ2v) is 8.68. The maximum Gasteiger partial charge on any atom is 0.158 e. The molecule has 1 N–H and O–H groups in total. The number of aromatic nitrogens is 2. The van der Waals surface area contributed by atoms with Crippen molar-refractivity contribution in [2.24, 2.45) is 0 Å². The predicted octanol–water partition coefficient (Wildman–Crippen LogP) is 5.97. The molecule has 0 amide bonds. The number of rotatable bonds is 5. The Morgan fingerprint density at radius 3 is 2.56 bits per heavy atom. The molecule has 0 saturated carbocycles. The molecular weight excluding hydrogens is 401 g/mol. The van der Waals surface area contributed by atoms with Crippen LogP contribution in [0.4, 0.5) is 21.6 Å². The van der Waals surface area contributed by atoms with Crippen LogP contribution in [0, 0.1) is 0 Å². The number of pyridine rings is 2. The van der Waals surface area contributed by atoms with Gasteiger partial charge in [0.25, 0.3) is 0 Å². The van der Waals surface area contributed by atoms with E-state index in [2.05, 4.69) is 39.8 Å². The lowest BCUT2D eigenvalue weighted by molar-refractivity contribution is 0.221. The van der Waals surface area contributed by atoms with Crippen LogP contribution in [-0.4, -0.2) is 30.1 Å². The highest BCUT2D eigenvalue weighted by molar-refractivity contribution is 5.75. The van der Waals surface area contributed by atoms with Crippen molar-refractivity contribution in [1.82, 2.24) is 9.97 Å². The summed E-state index contributed by atoms with van der Waals surface area (Å²) in [7, 11) is 2.09. The fraction of sp³-hybridized carbons (Fsp3) is 0.308. The van der Waals surface area contributed by atoms with Crippen molar-refractivity contribution in [3.8, 4) is 11.3 Å². The van der Waals surface area contributed by atoms with Crippen LogP contribution in [0.5, 0.6) is 0 Å². The lowest BCUT2D eigenvalue weighted by Crippen LogP contribution is -2.33. The first-order valence-corrected chi connectivity index (χ1v) is 11.0. The minimum absolute atomic E-state index is 0.640. The molecule has 32 heavy (non-hydrogen) atoms. The Kier molecular flexibility index (Phi) is 6.12. The second-order valence-electron chi connectivity index (χ2n) is 8.68. The van der Waals surface area contributed by atoms with E-state index in [0.717, 1.165) is 60.2 Å². The fourth-order valence-electron chi connectivity index (χ4n) is 3.92. The third-order valence-corrected chi connectivity index (χ3v) is 5.79. The molecule has 0 spiro atoms. The van der Waals surface area contributed by atoms with Crippen LogP contribution < -0.4 is 15.1 Å². The van der Waals surface area contributed by atoms with E-state index < -0.39 is 5.67 Å². The maximum absolute atomic E-state index is 14.6. The number of hydrogen-bond acceptors (Lipinski definition) is 5. The van der Waals surface area contributed by atoms with Crippen molar-refractivity contribution in [1.29, 1.82) is 0 Å². The van der Waals surface area contributed by atoms with Crippen molar-refractivity contribution in [3.63, 3.8) is 0 Å². The summed E-state index contributed by atoms with van der Waals surface area (Å²) < 4.78 is 14.6. The van der Waals surface area contributed by atoms with Gasteiger partial charge in [-0.15, -0.1) is 0 Å². The Bertz CT molecular complexity index is 1090. The molecule has 3 heterocycles. The molecule has 0 aliphatic carbocycles. The van der Waals surface area contributed by atoms with Crippen molar-refractivity contribution >= 4 is 17.2 Å². The summed E-state index contributed by atoms with van der Waals surface area (Å²) in [5, 5.41) is 3.39. The zero-order valence-electron chi connectivity index (χ0n) is 19.0. The van der Waals surface area contributed by atoms with E-state index in [-0.39, 0.29) is 0 Å². The van der Waals surface area contributed by atoms with Crippen molar-refractivity contribution in [2.75, 3.05) is 35.3 Å². The average molecular weight is 432 g/mol. The molecule has 0 fully saturated rings. The van der Waals surface area contributed by atoms with Crippen LogP contribution in [0.25, 0.3) is 11.3 Å². The number of anilines is 3. The van der Waals surface area contributed by atoms with Crippen LogP contribution in [-0.2, 0) is 5.67 Å². The highest BCUT2D eigenvalue weighted by atomic mass is 19.1. The summed E-state index contributed by atoms with van der Waals surface area (Å²) in [5.74, 6) is 1.61. The molecular formula is C26H30FN5. The molecule has 166 valence electrons. The highest BCUT2D eigenvalue weighted by Gasteiger charge is 2.23. The molecule has 0 unspecified atom stereocenters. The number of nitrogens with one attached hydrogen (secondary N) is 1. The largest absolute Gasteiger partial charge is 0.372 e. The zero-order valence-corrected chi connectivity index (χ0v) is 19.0. The second kappa shape index (κ2) is 8.99. The minimum atomic E-state index is -1.41. The fourth-order valence-corrected chi connectivity index (χ4v) is 3.92. The van der Waals surface area contributed by atoms with E-state index in [0.29, 0.717) is 5.56 Å². The molecule has 6 heteroatoms. The van der Waals surface area contributed by atoms with Gasteiger partial charge in [-0.25, -0.2) is 9.37 Å². The van der Waals surface area contributed by atoms with E-state index in [4.69, 9.17) is 4.98 Å². The Balaban J connectivity index is 1.74. The number of benzene rings is 1. The normalized spacial score (nSPS) is 14.4. The van der Waals surface area contributed by atoms with E-state index in [1.165, 1.54) is 0 Å². The first kappa shape index (κ1) is 21.8.